The number of nitrogens with zero attached hydrogens (tertiary/aromatic N) is 2. The van der Waals surface area contributed by atoms with Crippen molar-refractivity contribution in [1.29, 1.82) is 0 Å². The van der Waals surface area contributed by atoms with Crippen molar-refractivity contribution >= 4 is 15.9 Å². The highest BCUT2D eigenvalue weighted by Gasteiger charge is 2.29. The summed E-state index contributed by atoms with van der Waals surface area (Å²) in [6, 6.07) is 2.74. The van der Waals surface area contributed by atoms with Crippen LogP contribution in [0.15, 0.2) is 30.9 Å². The third-order valence-electron chi connectivity index (χ3n) is 5.14. The zero-order valence-corrected chi connectivity index (χ0v) is 18.5. The number of rotatable bonds is 13. The Morgan fingerprint density at radius 3 is 2.60 bits per heavy atom. The van der Waals surface area contributed by atoms with Crippen LogP contribution < -0.4 is 4.72 Å². The molecule has 0 spiro atoms. The van der Waals surface area contributed by atoms with Crippen molar-refractivity contribution in [2.45, 2.75) is 44.6 Å². The maximum atomic E-state index is 13.7. The van der Waals surface area contributed by atoms with Crippen LogP contribution in [0.25, 0.3) is 0 Å². The van der Waals surface area contributed by atoms with Crippen LogP contribution in [0, 0.1) is 11.6 Å². The molecule has 0 bridgehead atoms. The predicted molar refractivity (Wildman–Crippen MR) is 116 cm³/mol. The Bertz CT molecular complexity index is 769. The highest BCUT2D eigenvalue weighted by molar-refractivity contribution is 7.90. The topological polar surface area (TPSA) is 61.9 Å². The minimum Gasteiger partial charge on any atom is -0.378 e. The summed E-state index contributed by atoms with van der Waals surface area (Å²) in [7, 11) is -1.80. The van der Waals surface area contributed by atoms with Crippen LogP contribution in [0.4, 0.5) is 14.5 Å². The molecule has 1 heterocycles. The average Bonchev–Trinajstić information content (AvgIpc) is 2.70. The SMILES string of the molecule is C=CCN(C)CCCCCCOC1CCN(S(=O)(=O)Nc2ccc(F)cc2F)CC1. The van der Waals surface area contributed by atoms with Gasteiger partial charge in [-0.15, -0.1) is 6.58 Å². The second kappa shape index (κ2) is 12.3. The zero-order valence-electron chi connectivity index (χ0n) is 17.7. The Labute approximate surface area is 179 Å². The van der Waals surface area contributed by atoms with Gasteiger partial charge in [0.05, 0.1) is 11.8 Å². The molecular weight excluding hydrogens is 412 g/mol. The fraction of sp³-hybridized carbons (Fsp3) is 0.619. The van der Waals surface area contributed by atoms with E-state index in [-0.39, 0.29) is 11.8 Å². The molecule has 0 saturated carbocycles. The lowest BCUT2D eigenvalue weighted by Gasteiger charge is -2.31. The van der Waals surface area contributed by atoms with E-state index in [1.165, 1.54) is 4.31 Å². The summed E-state index contributed by atoms with van der Waals surface area (Å²) in [5.74, 6) is -1.70. The van der Waals surface area contributed by atoms with Crippen LogP contribution in [-0.4, -0.2) is 63.6 Å². The van der Waals surface area contributed by atoms with Gasteiger partial charge in [-0.2, -0.15) is 12.7 Å². The molecule has 0 amide bonds. The molecule has 1 aromatic carbocycles. The molecule has 1 fully saturated rings. The fourth-order valence-corrected chi connectivity index (χ4v) is 4.68. The fourth-order valence-electron chi connectivity index (χ4n) is 3.41. The summed E-state index contributed by atoms with van der Waals surface area (Å²) in [6.07, 6.45) is 7.56. The van der Waals surface area contributed by atoms with E-state index in [1.54, 1.807) is 0 Å². The third-order valence-corrected chi connectivity index (χ3v) is 6.66. The molecule has 0 atom stereocenters. The number of anilines is 1. The molecule has 1 N–H and O–H groups in total. The van der Waals surface area contributed by atoms with Crippen molar-refractivity contribution in [2.24, 2.45) is 0 Å². The summed E-state index contributed by atoms with van der Waals surface area (Å²) < 4.78 is 61.0. The molecule has 1 aliphatic rings. The Morgan fingerprint density at radius 2 is 1.93 bits per heavy atom. The van der Waals surface area contributed by atoms with E-state index >= 15 is 0 Å². The number of nitrogens with one attached hydrogen (secondary N) is 1. The Morgan fingerprint density at radius 1 is 1.23 bits per heavy atom. The van der Waals surface area contributed by atoms with E-state index in [0.29, 0.717) is 38.6 Å². The molecule has 0 unspecified atom stereocenters. The van der Waals surface area contributed by atoms with Crippen molar-refractivity contribution in [1.82, 2.24) is 9.21 Å². The van der Waals surface area contributed by atoms with E-state index in [2.05, 4.69) is 23.2 Å². The van der Waals surface area contributed by atoms with Gasteiger partial charge in [-0.05, 0) is 51.4 Å². The van der Waals surface area contributed by atoms with Gasteiger partial charge in [0.2, 0.25) is 0 Å². The minimum absolute atomic E-state index is 0.0396. The first-order valence-corrected chi connectivity index (χ1v) is 11.9. The van der Waals surface area contributed by atoms with Gasteiger partial charge in [-0.1, -0.05) is 18.9 Å². The second-order valence-corrected chi connectivity index (χ2v) is 9.34. The predicted octanol–water partition coefficient (Wildman–Crippen LogP) is 3.78. The van der Waals surface area contributed by atoms with Crippen LogP contribution >= 0.6 is 0 Å². The first kappa shape index (κ1) is 24.7. The highest BCUT2D eigenvalue weighted by atomic mass is 32.2. The van der Waals surface area contributed by atoms with Crippen LogP contribution in [0.3, 0.4) is 0 Å². The molecule has 1 saturated heterocycles. The lowest BCUT2D eigenvalue weighted by atomic mass is 10.1. The standard InChI is InChI=1S/C21H33F2N3O3S/c1-3-12-25(2)13-6-4-5-7-16-29-19-10-14-26(15-11-19)30(27,28)24-21-9-8-18(22)17-20(21)23/h3,8-9,17,19,24H,1,4-7,10-16H2,2H3. The smallest absolute Gasteiger partial charge is 0.301 e. The maximum absolute atomic E-state index is 13.7. The lowest BCUT2D eigenvalue weighted by Crippen LogP contribution is -2.43. The number of hydrogen-bond acceptors (Lipinski definition) is 4. The van der Waals surface area contributed by atoms with Gasteiger partial charge < -0.3 is 9.64 Å². The second-order valence-electron chi connectivity index (χ2n) is 7.67. The molecule has 1 aromatic rings. The number of piperidine rings is 1. The number of benzene rings is 1. The molecular formula is C21H33F2N3O3S. The van der Waals surface area contributed by atoms with E-state index in [1.807, 2.05) is 6.08 Å². The molecule has 0 aliphatic carbocycles. The number of halogens is 2. The maximum Gasteiger partial charge on any atom is 0.301 e. The van der Waals surface area contributed by atoms with Crippen molar-refractivity contribution < 1.29 is 21.9 Å². The van der Waals surface area contributed by atoms with Crippen LogP contribution in [-0.2, 0) is 14.9 Å². The van der Waals surface area contributed by atoms with Gasteiger partial charge >= 0.3 is 10.2 Å². The average molecular weight is 446 g/mol. The Balaban J connectivity index is 1.63. The lowest BCUT2D eigenvalue weighted by molar-refractivity contribution is 0.0193. The summed E-state index contributed by atoms with van der Waals surface area (Å²) in [5.41, 5.74) is -0.259. The summed E-state index contributed by atoms with van der Waals surface area (Å²) in [6.45, 7) is 6.99. The molecule has 0 aromatic heterocycles. The number of ether oxygens (including phenoxy) is 1. The molecule has 2 rings (SSSR count). The quantitative estimate of drug-likeness (QED) is 0.371. The monoisotopic (exact) mass is 445 g/mol. The molecule has 1 aliphatic heterocycles. The van der Waals surface area contributed by atoms with Gasteiger partial charge in [0.15, 0.2) is 0 Å². The van der Waals surface area contributed by atoms with Crippen molar-refractivity contribution in [3.63, 3.8) is 0 Å². The molecule has 6 nitrogen and oxygen atoms in total. The third kappa shape index (κ3) is 8.29. The summed E-state index contributed by atoms with van der Waals surface area (Å²) >= 11 is 0. The molecule has 0 radical (unpaired) electrons. The summed E-state index contributed by atoms with van der Waals surface area (Å²) in [5, 5.41) is 0. The van der Waals surface area contributed by atoms with Crippen molar-refractivity contribution in [3.8, 4) is 0 Å². The largest absolute Gasteiger partial charge is 0.378 e. The summed E-state index contributed by atoms with van der Waals surface area (Å²) in [4.78, 5) is 2.24. The first-order chi connectivity index (χ1) is 14.3. The number of hydrogen-bond donors (Lipinski definition) is 1. The first-order valence-electron chi connectivity index (χ1n) is 10.5. The zero-order chi connectivity index (χ0) is 22.0. The molecule has 30 heavy (non-hydrogen) atoms. The van der Waals surface area contributed by atoms with Crippen LogP contribution in [0.2, 0.25) is 0 Å². The van der Waals surface area contributed by atoms with Gasteiger partial charge in [-0.3, -0.25) is 4.72 Å². The van der Waals surface area contributed by atoms with E-state index in [4.69, 9.17) is 4.74 Å². The minimum atomic E-state index is -3.89. The van der Waals surface area contributed by atoms with Crippen LogP contribution in [0.1, 0.15) is 38.5 Å². The van der Waals surface area contributed by atoms with Gasteiger partial charge in [0.25, 0.3) is 0 Å². The van der Waals surface area contributed by atoms with Gasteiger partial charge in [-0.25, -0.2) is 8.78 Å². The molecule has 170 valence electrons. The van der Waals surface area contributed by atoms with Crippen molar-refractivity contribution in [2.75, 3.05) is 44.6 Å². The van der Waals surface area contributed by atoms with Crippen molar-refractivity contribution in [3.05, 3.63) is 42.5 Å². The van der Waals surface area contributed by atoms with Crippen LogP contribution in [0.5, 0.6) is 0 Å². The normalized spacial score (nSPS) is 16.1. The number of likely N-dealkylation sites (N-methyl/N-ethyl adjacent to an activating group) is 1. The van der Waals surface area contributed by atoms with E-state index < -0.39 is 21.8 Å². The van der Waals surface area contributed by atoms with Gasteiger partial charge in [0.1, 0.15) is 11.6 Å². The highest BCUT2D eigenvalue weighted by Crippen LogP contribution is 2.21. The van der Waals surface area contributed by atoms with E-state index in [9.17, 15) is 17.2 Å². The van der Waals surface area contributed by atoms with E-state index in [0.717, 1.165) is 50.9 Å². The Hall–Kier alpha value is -1.55. The molecule has 9 heteroatoms. The Kier molecular flexibility index (Phi) is 10.2. The number of unbranched alkanes of at least 4 members (excludes halogenated alkanes) is 3. The van der Waals surface area contributed by atoms with Gasteiger partial charge in [0, 0.05) is 32.3 Å².